The van der Waals surface area contributed by atoms with Gasteiger partial charge in [-0.2, -0.15) is 0 Å². The number of H-pyrrole nitrogens is 1. The molecular formula is C30H37Cl2N3O3. The standard InChI is InChI=1S/C30H37Cl2N3O3/c1-38-17-7-15-35(30(37)23-8-3-2-4-9-23)21-29(36)34(20-22-12-13-26(31)27(32)18-22)16-14-24-19-33-28-11-6-5-10-25(24)28/h5-6,10-13,18-19,23,33H,2-4,7-9,14-17,20-21H2,1H3. The molecule has 0 saturated heterocycles. The van der Waals surface area contributed by atoms with Gasteiger partial charge in [0.25, 0.3) is 0 Å². The van der Waals surface area contributed by atoms with Gasteiger partial charge in [-0.25, -0.2) is 0 Å². The number of para-hydroxylation sites is 1. The van der Waals surface area contributed by atoms with Gasteiger partial charge in [-0.3, -0.25) is 9.59 Å². The molecule has 1 saturated carbocycles. The van der Waals surface area contributed by atoms with Crippen molar-refractivity contribution in [1.82, 2.24) is 14.8 Å². The van der Waals surface area contributed by atoms with Crippen molar-refractivity contribution in [3.05, 3.63) is 69.8 Å². The van der Waals surface area contributed by atoms with Gasteiger partial charge in [-0.05, 0) is 55.0 Å². The summed E-state index contributed by atoms with van der Waals surface area (Å²) in [6.07, 6.45) is 8.53. The summed E-state index contributed by atoms with van der Waals surface area (Å²) >= 11 is 12.4. The van der Waals surface area contributed by atoms with E-state index in [4.69, 9.17) is 27.9 Å². The van der Waals surface area contributed by atoms with Crippen molar-refractivity contribution in [3.8, 4) is 0 Å². The first-order valence-electron chi connectivity index (χ1n) is 13.5. The van der Waals surface area contributed by atoms with Gasteiger partial charge in [0.15, 0.2) is 0 Å². The predicted molar refractivity (Wildman–Crippen MR) is 154 cm³/mol. The molecular weight excluding hydrogens is 521 g/mol. The molecule has 3 aromatic rings. The first-order valence-corrected chi connectivity index (χ1v) is 14.3. The summed E-state index contributed by atoms with van der Waals surface area (Å²) in [4.78, 5) is 34.2. The maximum atomic E-state index is 13.8. The third-order valence-corrected chi connectivity index (χ3v) is 8.14. The van der Waals surface area contributed by atoms with E-state index in [1.807, 2.05) is 35.4 Å². The van der Waals surface area contributed by atoms with Crippen LogP contribution in [0.2, 0.25) is 10.0 Å². The van der Waals surface area contributed by atoms with Crippen molar-refractivity contribution in [1.29, 1.82) is 0 Å². The number of nitrogens with one attached hydrogen (secondary N) is 1. The predicted octanol–water partition coefficient (Wildman–Crippen LogP) is 6.49. The summed E-state index contributed by atoms with van der Waals surface area (Å²) in [5, 5.41) is 2.10. The lowest BCUT2D eigenvalue weighted by Crippen LogP contribution is -2.46. The summed E-state index contributed by atoms with van der Waals surface area (Å²) < 4.78 is 5.23. The van der Waals surface area contributed by atoms with Crippen molar-refractivity contribution in [2.75, 3.05) is 33.4 Å². The molecule has 0 atom stereocenters. The van der Waals surface area contributed by atoms with Gasteiger partial charge in [-0.15, -0.1) is 0 Å². The fourth-order valence-corrected chi connectivity index (χ4v) is 5.60. The number of carbonyl (C=O) groups excluding carboxylic acids is 2. The van der Waals surface area contributed by atoms with E-state index in [2.05, 4.69) is 11.1 Å². The van der Waals surface area contributed by atoms with E-state index in [0.717, 1.165) is 47.7 Å². The molecule has 6 nitrogen and oxygen atoms in total. The van der Waals surface area contributed by atoms with Crippen LogP contribution < -0.4 is 0 Å². The van der Waals surface area contributed by atoms with E-state index in [1.54, 1.807) is 24.1 Å². The first-order chi connectivity index (χ1) is 18.5. The fraction of sp³-hybridized carbons (Fsp3) is 0.467. The molecule has 1 aromatic heterocycles. The molecule has 1 heterocycles. The lowest BCUT2D eigenvalue weighted by Gasteiger charge is -2.31. The van der Waals surface area contributed by atoms with Gasteiger partial charge in [0, 0.05) is 56.4 Å². The number of ether oxygens (including phenoxy) is 1. The number of carbonyl (C=O) groups is 2. The maximum Gasteiger partial charge on any atom is 0.242 e. The summed E-state index contributed by atoms with van der Waals surface area (Å²) in [7, 11) is 1.65. The zero-order valence-electron chi connectivity index (χ0n) is 22.1. The number of hydrogen-bond donors (Lipinski definition) is 1. The highest BCUT2D eigenvalue weighted by Crippen LogP contribution is 2.26. The highest BCUT2D eigenvalue weighted by atomic mass is 35.5. The van der Waals surface area contributed by atoms with Crippen molar-refractivity contribution < 1.29 is 14.3 Å². The highest BCUT2D eigenvalue weighted by molar-refractivity contribution is 6.42. The Morgan fingerprint density at radius 3 is 2.55 bits per heavy atom. The van der Waals surface area contributed by atoms with Gasteiger partial charge >= 0.3 is 0 Å². The average molecular weight is 559 g/mol. The molecule has 8 heteroatoms. The van der Waals surface area contributed by atoms with Crippen LogP contribution in [-0.2, 0) is 27.3 Å². The number of hydrogen-bond acceptors (Lipinski definition) is 3. The molecule has 1 aliphatic carbocycles. The zero-order chi connectivity index (χ0) is 26.9. The molecule has 2 aromatic carbocycles. The summed E-state index contributed by atoms with van der Waals surface area (Å²) in [5.41, 5.74) is 3.13. The number of amides is 2. The van der Waals surface area contributed by atoms with Gasteiger partial charge < -0.3 is 19.5 Å². The smallest absolute Gasteiger partial charge is 0.242 e. The maximum absolute atomic E-state index is 13.8. The summed E-state index contributed by atoms with van der Waals surface area (Å²) in [6.45, 7) is 2.04. The minimum Gasteiger partial charge on any atom is -0.385 e. The second-order valence-electron chi connectivity index (χ2n) is 10.1. The Balaban J connectivity index is 1.52. The fourth-order valence-electron chi connectivity index (χ4n) is 5.28. The van der Waals surface area contributed by atoms with Crippen LogP contribution in [0.1, 0.15) is 49.7 Å². The number of halogens is 2. The molecule has 4 rings (SSSR count). The third-order valence-electron chi connectivity index (χ3n) is 7.40. The van der Waals surface area contributed by atoms with Crippen LogP contribution in [0.4, 0.5) is 0 Å². The zero-order valence-corrected chi connectivity index (χ0v) is 23.6. The molecule has 0 aliphatic heterocycles. The minimum atomic E-state index is -0.0718. The van der Waals surface area contributed by atoms with E-state index in [-0.39, 0.29) is 24.3 Å². The Morgan fingerprint density at radius 1 is 1.00 bits per heavy atom. The van der Waals surface area contributed by atoms with Crippen LogP contribution >= 0.6 is 23.2 Å². The Hall–Kier alpha value is -2.54. The molecule has 38 heavy (non-hydrogen) atoms. The molecule has 2 amide bonds. The molecule has 1 N–H and O–H groups in total. The molecule has 0 radical (unpaired) electrons. The van der Waals surface area contributed by atoms with Gasteiger partial charge in [0.05, 0.1) is 16.6 Å². The Labute approximate surface area is 235 Å². The molecule has 1 aliphatic rings. The number of nitrogens with zero attached hydrogens (tertiary/aromatic N) is 2. The third kappa shape index (κ3) is 7.52. The van der Waals surface area contributed by atoms with E-state index >= 15 is 0 Å². The van der Waals surface area contributed by atoms with Crippen LogP contribution in [0.25, 0.3) is 10.9 Å². The Morgan fingerprint density at radius 2 is 1.79 bits per heavy atom. The SMILES string of the molecule is COCCCN(CC(=O)N(CCc1c[nH]c2ccccc12)Cc1ccc(Cl)c(Cl)c1)C(=O)C1CCCCC1. The normalized spacial score (nSPS) is 14.1. The molecule has 0 spiro atoms. The molecule has 204 valence electrons. The number of benzene rings is 2. The van der Waals surface area contributed by atoms with Crippen molar-refractivity contribution in [3.63, 3.8) is 0 Å². The van der Waals surface area contributed by atoms with Gasteiger partial charge in [0.1, 0.15) is 0 Å². The van der Waals surface area contributed by atoms with Crippen molar-refractivity contribution in [2.45, 2.75) is 51.5 Å². The lowest BCUT2D eigenvalue weighted by molar-refractivity contribution is -0.144. The van der Waals surface area contributed by atoms with Crippen LogP contribution in [0, 0.1) is 5.92 Å². The van der Waals surface area contributed by atoms with Crippen LogP contribution in [0.3, 0.4) is 0 Å². The molecule has 0 unspecified atom stereocenters. The van der Waals surface area contributed by atoms with Crippen molar-refractivity contribution >= 4 is 45.9 Å². The second kappa shape index (κ2) is 14.0. The first kappa shape index (κ1) is 28.5. The van der Waals surface area contributed by atoms with Gasteiger partial charge in [0.2, 0.25) is 11.8 Å². The highest BCUT2D eigenvalue weighted by Gasteiger charge is 2.28. The number of aromatic amines is 1. The Bertz CT molecular complexity index is 1220. The van der Waals surface area contributed by atoms with Crippen molar-refractivity contribution in [2.24, 2.45) is 5.92 Å². The Kier molecular flexibility index (Phi) is 10.5. The van der Waals surface area contributed by atoms with Gasteiger partial charge in [-0.1, -0.05) is 66.7 Å². The number of methoxy groups -OCH3 is 1. The minimum absolute atomic E-state index is 0.00818. The monoisotopic (exact) mass is 557 g/mol. The van der Waals surface area contributed by atoms with Crippen LogP contribution in [0.5, 0.6) is 0 Å². The van der Waals surface area contributed by atoms with E-state index in [0.29, 0.717) is 49.1 Å². The summed E-state index contributed by atoms with van der Waals surface area (Å²) in [5.74, 6) is 0.0339. The summed E-state index contributed by atoms with van der Waals surface area (Å²) in [6, 6.07) is 13.6. The second-order valence-corrected chi connectivity index (χ2v) is 10.9. The average Bonchev–Trinajstić information content (AvgIpc) is 3.35. The topological polar surface area (TPSA) is 65.6 Å². The van der Waals surface area contributed by atoms with Crippen LogP contribution in [-0.4, -0.2) is 59.9 Å². The number of fused-ring (bicyclic) bond motifs is 1. The molecule has 0 bridgehead atoms. The quantitative estimate of drug-likeness (QED) is 0.259. The number of rotatable bonds is 12. The largest absolute Gasteiger partial charge is 0.385 e. The lowest BCUT2D eigenvalue weighted by atomic mass is 9.88. The van der Waals surface area contributed by atoms with E-state index in [9.17, 15) is 9.59 Å². The molecule has 1 fully saturated rings. The van der Waals surface area contributed by atoms with E-state index in [1.165, 1.54) is 6.42 Å². The number of aromatic nitrogens is 1. The van der Waals surface area contributed by atoms with Crippen LogP contribution in [0.15, 0.2) is 48.7 Å². The van der Waals surface area contributed by atoms with E-state index < -0.39 is 0 Å².